The Labute approximate surface area is 102 Å². The highest BCUT2D eigenvalue weighted by molar-refractivity contribution is 5.97. The van der Waals surface area contributed by atoms with Crippen molar-refractivity contribution in [2.45, 2.75) is 39.2 Å². The zero-order chi connectivity index (χ0) is 12.4. The Balaban J connectivity index is 2.26. The van der Waals surface area contributed by atoms with Crippen molar-refractivity contribution in [3.05, 3.63) is 29.3 Å². The van der Waals surface area contributed by atoms with E-state index in [9.17, 15) is 9.90 Å². The van der Waals surface area contributed by atoms with Crippen LogP contribution in [0.4, 0.5) is 0 Å². The zero-order valence-corrected chi connectivity index (χ0v) is 10.4. The molecular formula is C14H19NO2. The summed E-state index contributed by atoms with van der Waals surface area (Å²) in [5, 5.41) is 9.77. The number of carbonyl (C=O) groups is 1. The first-order chi connectivity index (χ1) is 8.09. The van der Waals surface area contributed by atoms with Crippen LogP contribution in [0.5, 0.6) is 5.75 Å². The Kier molecular flexibility index (Phi) is 3.36. The molecule has 3 heteroatoms. The Hall–Kier alpha value is -1.51. The molecule has 0 saturated carbocycles. The minimum absolute atomic E-state index is 0.0431. The third-order valence-electron chi connectivity index (χ3n) is 3.45. The largest absolute Gasteiger partial charge is 0.507 e. The third-order valence-corrected chi connectivity index (χ3v) is 3.45. The standard InChI is InChI=1S/C14H19NO2/c1-10-6-7-13(16)12(9-10)14(17)15-8-4-3-5-11(15)2/h6-7,9,11,16H,3-5,8H2,1-2H3. The van der Waals surface area contributed by atoms with Gasteiger partial charge in [-0.2, -0.15) is 0 Å². The summed E-state index contributed by atoms with van der Waals surface area (Å²) in [6.07, 6.45) is 3.30. The number of hydrogen-bond acceptors (Lipinski definition) is 2. The lowest BCUT2D eigenvalue weighted by Gasteiger charge is -2.33. The molecule has 1 atom stereocenters. The fourth-order valence-corrected chi connectivity index (χ4v) is 2.38. The average molecular weight is 233 g/mol. The number of phenols is 1. The van der Waals surface area contributed by atoms with Gasteiger partial charge in [-0.1, -0.05) is 11.6 Å². The van der Waals surface area contributed by atoms with Crippen molar-refractivity contribution in [1.82, 2.24) is 4.90 Å². The van der Waals surface area contributed by atoms with Crippen LogP contribution < -0.4 is 0 Å². The van der Waals surface area contributed by atoms with Crippen LogP contribution in [0.1, 0.15) is 42.1 Å². The van der Waals surface area contributed by atoms with Gasteiger partial charge in [-0.15, -0.1) is 0 Å². The number of likely N-dealkylation sites (tertiary alicyclic amines) is 1. The maximum absolute atomic E-state index is 12.3. The van der Waals surface area contributed by atoms with Crippen LogP contribution in [0.25, 0.3) is 0 Å². The van der Waals surface area contributed by atoms with E-state index in [1.54, 1.807) is 12.1 Å². The fourth-order valence-electron chi connectivity index (χ4n) is 2.38. The van der Waals surface area contributed by atoms with Crippen LogP contribution in [0, 0.1) is 6.92 Å². The van der Waals surface area contributed by atoms with E-state index in [0.29, 0.717) is 5.56 Å². The van der Waals surface area contributed by atoms with Crippen LogP contribution >= 0.6 is 0 Å². The van der Waals surface area contributed by atoms with Crippen molar-refractivity contribution in [3.63, 3.8) is 0 Å². The second kappa shape index (κ2) is 4.78. The summed E-state index contributed by atoms with van der Waals surface area (Å²) in [7, 11) is 0. The molecular weight excluding hydrogens is 214 g/mol. The van der Waals surface area contributed by atoms with E-state index in [2.05, 4.69) is 6.92 Å². The van der Waals surface area contributed by atoms with Crippen molar-refractivity contribution in [3.8, 4) is 5.75 Å². The first kappa shape index (κ1) is 12.0. The minimum Gasteiger partial charge on any atom is -0.507 e. The van der Waals surface area contributed by atoms with E-state index >= 15 is 0 Å². The number of aryl methyl sites for hydroxylation is 1. The molecule has 1 aromatic rings. The highest BCUT2D eigenvalue weighted by Crippen LogP contribution is 2.24. The van der Waals surface area contributed by atoms with E-state index in [-0.39, 0.29) is 17.7 Å². The first-order valence-corrected chi connectivity index (χ1v) is 6.20. The number of amides is 1. The molecule has 92 valence electrons. The quantitative estimate of drug-likeness (QED) is 0.810. The van der Waals surface area contributed by atoms with Gasteiger partial charge >= 0.3 is 0 Å². The van der Waals surface area contributed by atoms with Crippen LogP contribution in [0.15, 0.2) is 18.2 Å². The molecule has 0 bridgehead atoms. The molecule has 3 nitrogen and oxygen atoms in total. The molecule has 0 spiro atoms. The topological polar surface area (TPSA) is 40.5 Å². The number of aromatic hydroxyl groups is 1. The Bertz CT molecular complexity index is 428. The van der Waals surface area contributed by atoms with Gasteiger partial charge < -0.3 is 10.0 Å². The molecule has 17 heavy (non-hydrogen) atoms. The van der Waals surface area contributed by atoms with E-state index in [1.807, 2.05) is 17.9 Å². The summed E-state index contributed by atoms with van der Waals surface area (Å²) >= 11 is 0. The Morgan fingerprint density at radius 2 is 2.18 bits per heavy atom. The van der Waals surface area contributed by atoms with Crippen molar-refractivity contribution in [1.29, 1.82) is 0 Å². The maximum Gasteiger partial charge on any atom is 0.257 e. The molecule has 0 aromatic heterocycles. The average Bonchev–Trinajstić information content (AvgIpc) is 2.32. The van der Waals surface area contributed by atoms with Crippen molar-refractivity contribution in [2.75, 3.05) is 6.54 Å². The summed E-state index contributed by atoms with van der Waals surface area (Å²) in [5.74, 6) is 0.0387. The number of hydrogen-bond donors (Lipinski definition) is 1. The fraction of sp³-hybridized carbons (Fsp3) is 0.500. The number of piperidine rings is 1. The summed E-state index contributed by atoms with van der Waals surface area (Å²) in [6.45, 7) is 4.80. The van der Waals surface area contributed by atoms with Crippen molar-refractivity contribution in [2.24, 2.45) is 0 Å². The summed E-state index contributed by atoms with van der Waals surface area (Å²) < 4.78 is 0. The molecule has 1 unspecified atom stereocenters. The molecule has 1 amide bonds. The summed E-state index contributed by atoms with van der Waals surface area (Å²) in [4.78, 5) is 14.2. The Morgan fingerprint density at radius 3 is 2.88 bits per heavy atom. The van der Waals surface area contributed by atoms with Gasteiger partial charge in [0.15, 0.2) is 0 Å². The summed E-state index contributed by atoms with van der Waals surface area (Å²) in [6, 6.07) is 5.44. The molecule has 1 aliphatic rings. The van der Waals surface area contributed by atoms with Gasteiger partial charge in [0.1, 0.15) is 5.75 Å². The number of nitrogens with zero attached hydrogens (tertiary/aromatic N) is 1. The molecule has 1 saturated heterocycles. The molecule has 0 radical (unpaired) electrons. The smallest absolute Gasteiger partial charge is 0.257 e. The second-order valence-corrected chi connectivity index (χ2v) is 4.86. The predicted molar refractivity (Wildman–Crippen MR) is 67.2 cm³/mol. The third kappa shape index (κ3) is 2.43. The van der Waals surface area contributed by atoms with Gasteiger partial charge in [0.05, 0.1) is 5.56 Å². The minimum atomic E-state index is -0.0431. The maximum atomic E-state index is 12.3. The lowest BCUT2D eigenvalue weighted by atomic mass is 10.0. The van der Waals surface area contributed by atoms with Crippen LogP contribution in [0.2, 0.25) is 0 Å². The molecule has 0 aliphatic carbocycles. The number of carbonyl (C=O) groups excluding carboxylic acids is 1. The molecule has 1 fully saturated rings. The van der Waals surface area contributed by atoms with Crippen molar-refractivity contribution < 1.29 is 9.90 Å². The molecule has 1 aromatic carbocycles. The monoisotopic (exact) mass is 233 g/mol. The number of rotatable bonds is 1. The zero-order valence-electron chi connectivity index (χ0n) is 10.4. The van der Waals surface area contributed by atoms with E-state index in [0.717, 1.165) is 24.9 Å². The van der Waals surface area contributed by atoms with Crippen LogP contribution in [0.3, 0.4) is 0 Å². The van der Waals surface area contributed by atoms with Gasteiger partial charge in [0.2, 0.25) is 0 Å². The second-order valence-electron chi connectivity index (χ2n) is 4.86. The summed E-state index contributed by atoms with van der Waals surface area (Å²) in [5.41, 5.74) is 1.43. The SMILES string of the molecule is Cc1ccc(O)c(C(=O)N2CCCCC2C)c1. The van der Waals surface area contributed by atoms with Gasteiger partial charge in [0, 0.05) is 12.6 Å². The van der Waals surface area contributed by atoms with Gasteiger partial charge in [0.25, 0.3) is 5.91 Å². The molecule has 2 rings (SSSR count). The van der Waals surface area contributed by atoms with Crippen LogP contribution in [-0.4, -0.2) is 28.5 Å². The van der Waals surface area contributed by atoms with Gasteiger partial charge in [-0.05, 0) is 45.2 Å². The first-order valence-electron chi connectivity index (χ1n) is 6.20. The van der Waals surface area contributed by atoms with Crippen LogP contribution in [-0.2, 0) is 0 Å². The lowest BCUT2D eigenvalue weighted by Crippen LogP contribution is -2.42. The highest BCUT2D eigenvalue weighted by atomic mass is 16.3. The Morgan fingerprint density at radius 1 is 1.41 bits per heavy atom. The van der Waals surface area contributed by atoms with Crippen molar-refractivity contribution >= 4 is 5.91 Å². The van der Waals surface area contributed by atoms with Gasteiger partial charge in [-0.3, -0.25) is 4.79 Å². The molecule has 1 heterocycles. The van der Waals surface area contributed by atoms with Gasteiger partial charge in [-0.25, -0.2) is 0 Å². The van der Waals surface area contributed by atoms with E-state index in [4.69, 9.17) is 0 Å². The molecule has 1 aliphatic heterocycles. The number of benzene rings is 1. The predicted octanol–water partition coefficient (Wildman–Crippen LogP) is 2.72. The highest BCUT2D eigenvalue weighted by Gasteiger charge is 2.25. The normalized spacial score (nSPS) is 20.4. The lowest BCUT2D eigenvalue weighted by molar-refractivity contribution is 0.0632. The number of phenolic OH excluding ortho intramolecular Hbond substituents is 1. The van der Waals surface area contributed by atoms with E-state index in [1.165, 1.54) is 6.42 Å². The molecule has 1 N–H and O–H groups in total. The van der Waals surface area contributed by atoms with E-state index < -0.39 is 0 Å².